The quantitative estimate of drug-likeness (QED) is 0.398. The van der Waals surface area contributed by atoms with Crippen molar-refractivity contribution in [3.63, 3.8) is 0 Å². The summed E-state index contributed by atoms with van der Waals surface area (Å²) in [6.45, 7) is 1.83. The lowest BCUT2D eigenvalue weighted by Crippen LogP contribution is -2.41. The number of nitrogens with two attached hydrogens (primary N) is 1. The number of rotatable bonds is 0. The van der Waals surface area contributed by atoms with Gasteiger partial charge in [0.2, 0.25) is 0 Å². The van der Waals surface area contributed by atoms with Crippen LogP contribution in [0, 0.1) is 0 Å². The van der Waals surface area contributed by atoms with E-state index in [1.54, 1.807) is 0 Å². The molecule has 1 aliphatic heterocycles. The minimum absolute atomic E-state index is 0.0694. The van der Waals surface area contributed by atoms with E-state index in [0.29, 0.717) is 5.90 Å². The maximum absolute atomic E-state index is 5.17. The van der Waals surface area contributed by atoms with Gasteiger partial charge in [0, 0.05) is 0 Å². The third-order valence-corrected chi connectivity index (χ3v) is 0.718. The Hall–Kier alpha value is -0.860. The Morgan fingerprint density at radius 2 is 2.71 bits per heavy atom. The Balaban J connectivity index is 2.58. The van der Waals surface area contributed by atoms with E-state index in [1.807, 2.05) is 6.92 Å². The Labute approximate surface area is 41.5 Å². The van der Waals surface area contributed by atoms with E-state index in [0.717, 1.165) is 0 Å². The van der Waals surface area contributed by atoms with Crippen LogP contribution in [0.3, 0.4) is 0 Å². The third kappa shape index (κ3) is 0.765. The van der Waals surface area contributed by atoms with E-state index >= 15 is 0 Å². The van der Waals surface area contributed by atoms with Crippen LogP contribution in [0.4, 0.5) is 0 Å². The van der Waals surface area contributed by atoms with Crippen molar-refractivity contribution in [3.8, 4) is 0 Å². The predicted molar refractivity (Wildman–Crippen MR) is 26.0 cm³/mol. The minimum Gasteiger partial charge on any atom is -0.418 e. The highest BCUT2D eigenvalue weighted by Gasteiger charge is 2.12. The predicted octanol–water partition coefficient (Wildman–Crippen LogP) is -1.41. The lowest BCUT2D eigenvalue weighted by Gasteiger charge is -1.92. The lowest BCUT2D eigenvalue weighted by molar-refractivity contribution is -0.136. The van der Waals surface area contributed by atoms with E-state index in [2.05, 4.69) is 4.99 Å². The summed E-state index contributed by atoms with van der Waals surface area (Å²) in [5.41, 5.74) is 0. The number of nitrogens with zero attached hydrogens (tertiary/aromatic N) is 1. The summed E-state index contributed by atoms with van der Waals surface area (Å²) >= 11 is 0. The summed E-state index contributed by atoms with van der Waals surface area (Å²) < 4.78 is 4.83. The van der Waals surface area contributed by atoms with Crippen LogP contribution in [0.25, 0.3) is 0 Å². The molecular formula is C4H7N2O+. The number of aliphatic imine (C=N–C) groups is 1. The third-order valence-electron chi connectivity index (χ3n) is 0.718. The van der Waals surface area contributed by atoms with Gasteiger partial charge < -0.3 is 4.74 Å². The van der Waals surface area contributed by atoms with Gasteiger partial charge in [0.05, 0.1) is 0 Å². The molecule has 0 radical (unpaired) electrons. The summed E-state index contributed by atoms with van der Waals surface area (Å²) in [5, 5.41) is 5.17. The fourth-order valence-electron chi connectivity index (χ4n) is 0.436. The zero-order valence-corrected chi connectivity index (χ0v) is 4.09. The zero-order chi connectivity index (χ0) is 5.28. The van der Waals surface area contributed by atoms with E-state index < -0.39 is 0 Å². The van der Waals surface area contributed by atoms with Gasteiger partial charge >= 0.3 is 5.90 Å². The average molecular weight is 99.1 g/mol. The first-order chi connectivity index (χ1) is 3.29. The molecule has 0 amide bonds. The minimum atomic E-state index is -0.0694. The summed E-state index contributed by atoms with van der Waals surface area (Å²) in [6.07, 6.45) is 1.45. The van der Waals surface area contributed by atoms with Crippen molar-refractivity contribution in [1.82, 2.24) is 0 Å². The normalized spacial score (nSPS) is 28.1. The Morgan fingerprint density at radius 3 is 2.86 bits per heavy atom. The van der Waals surface area contributed by atoms with Crippen molar-refractivity contribution < 1.29 is 10.1 Å². The van der Waals surface area contributed by atoms with Crippen LogP contribution in [0.2, 0.25) is 0 Å². The SMILES string of the molecule is CC1N=CC(=[NH2+])O1. The first kappa shape index (κ1) is 4.30. The van der Waals surface area contributed by atoms with Crippen molar-refractivity contribution in [2.24, 2.45) is 4.99 Å². The molecule has 1 atom stereocenters. The monoisotopic (exact) mass is 99.1 g/mol. The maximum Gasteiger partial charge on any atom is 0.379 e. The average Bonchev–Trinajstić information content (AvgIpc) is 1.87. The second-order valence-corrected chi connectivity index (χ2v) is 1.40. The molecular weight excluding hydrogens is 92.1 g/mol. The van der Waals surface area contributed by atoms with Gasteiger partial charge in [-0.15, -0.1) is 0 Å². The molecule has 2 N–H and O–H groups in total. The smallest absolute Gasteiger partial charge is 0.379 e. The van der Waals surface area contributed by atoms with E-state index in [-0.39, 0.29) is 6.23 Å². The largest absolute Gasteiger partial charge is 0.418 e. The van der Waals surface area contributed by atoms with Gasteiger partial charge in [-0.3, -0.25) is 0 Å². The molecule has 0 saturated carbocycles. The van der Waals surface area contributed by atoms with Gasteiger partial charge in [0.1, 0.15) is 6.21 Å². The van der Waals surface area contributed by atoms with Crippen LogP contribution in [0.5, 0.6) is 0 Å². The van der Waals surface area contributed by atoms with Crippen molar-refractivity contribution in [1.29, 1.82) is 0 Å². The van der Waals surface area contributed by atoms with Crippen LogP contribution in [0.1, 0.15) is 6.92 Å². The van der Waals surface area contributed by atoms with Gasteiger partial charge in [-0.25, -0.2) is 10.4 Å². The highest BCUT2D eigenvalue weighted by molar-refractivity contribution is 6.24. The molecule has 3 nitrogen and oxygen atoms in total. The molecule has 1 heterocycles. The molecule has 0 fully saturated rings. The summed E-state index contributed by atoms with van der Waals surface area (Å²) in [5.74, 6) is 0.410. The fourth-order valence-corrected chi connectivity index (χ4v) is 0.436. The molecule has 0 aromatic carbocycles. The number of ether oxygens (including phenoxy) is 1. The van der Waals surface area contributed by atoms with Gasteiger partial charge in [0.15, 0.2) is 6.23 Å². The van der Waals surface area contributed by atoms with Crippen molar-refractivity contribution in [2.45, 2.75) is 13.2 Å². The lowest BCUT2D eigenvalue weighted by atomic mass is 10.7. The van der Waals surface area contributed by atoms with Crippen LogP contribution in [-0.2, 0) is 4.74 Å². The van der Waals surface area contributed by atoms with Crippen molar-refractivity contribution in [2.75, 3.05) is 0 Å². The van der Waals surface area contributed by atoms with Crippen LogP contribution in [0.15, 0.2) is 4.99 Å². The summed E-state index contributed by atoms with van der Waals surface area (Å²) in [7, 11) is 0. The van der Waals surface area contributed by atoms with E-state index in [4.69, 9.17) is 10.1 Å². The number of hydrogen-bond acceptors (Lipinski definition) is 2. The molecule has 38 valence electrons. The Kier molecular flexibility index (Phi) is 0.817. The molecule has 0 spiro atoms. The Morgan fingerprint density at radius 1 is 2.00 bits per heavy atom. The topological polar surface area (TPSA) is 47.2 Å². The molecule has 1 rings (SSSR count). The second kappa shape index (κ2) is 1.33. The van der Waals surface area contributed by atoms with Crippen LogP contribution < -0.4 is 5.41 Å². The van der Waals surface area contributed by atoms with Gasteiger partial charge in [-0.2, -0.15) is 0 Å². The van der Waals surface area contributed by atoms with Gasteiger partial charge in [-0.1, -0.05) is 0 Å². The highest BCUT2D eigenvalue weighted by atomic mass is 16.5. The summed E-state index contributed by atoms with van der Waals surface area (Å²) in [4.78, 5) is 3.81. The molecule has 0 aliphatic carbocycles. The number of hydrogen-bond donors (Lipinski definition) is 1. The maximum atomic E-state index is 5.17. The molecule has 0 aromatic heterocycles. The second-order valence-electron chi connectivity index (χ2n) is 1.40. The summed E-state index contributed by atoms with van der Waals surface area (Å²) in [6, 6.07) is 0. The van der Waals surface area contributed by atoms with Gasteiger partial charge in [0.25, 0.3) is 0 Å². The first-order valence-corrected chi connectivity index (χ1v) is 2.11. The van der Waals surface area contributed by atoms with Crippen molar-refractivity contribution in [3.05, 3.63) is 0 Å². The van der Waals surface area contributed by atoms with Crippen molar-refractivity contribution >= 4 is 12.1 Å². The molecule has 1 unspecified atom stereocenters. The van der Waals surface area contributed by atoms with E-state index in [9.17, 15) is 0 Å². The first-order valence-electron chi connectivity index (χ1n) is 2.11. The molecule has 3 heteroatoms. The highest BCUT2D eigenvalue weighted by Crippen LogP contribution is 1.95. The molecule has 0 saturated heterocycles. The van der Waals surface area contributed by atoms with E-state index in [1.165, 1.54) is 6.21 Å². The molecule has 0 bridgehead atoms. The molecule has 7 heavy (non-hydrogen) atoms. The fraction of sp³-hybridized carbons (Fsp3) is 0.500. The van der Waals surface area contributed by atoms with Crippen LogP contribution in [-0.4, -0.2) is 18.3 Å². The zero-order valence-electron chi connectivity index (χ0n) is 4.09. The Bertz CT molecular complexity index is 119. The standard InChI is InChI=1S/C4H6N2O/c1-3-6-2-4(5)7-3/h2-3,5H,1H3/p+1. The van der Waals surface area contributed by atoms with Gasteiger partial charge in [-0.05, 0) is 6.92 Å². The molecule has 1 aliphatic rings. The molecule has 0 aromatic rings. The van der Waals surface area contributed by atoms with Crippen LogP contribution >= 0.6 is 0 Å².